The van der Waals surface area contributed by atoms with Gasteiger partial charge in [-0.2, -0.15) is 0 Å². The number of aromatic nitrogens is 3. The minimum absolute atomic E-state index is 0.177. The Hall–Kier alpha value is -2.51. The molecular formula is C22H24ClFN4O2. The van der Waals surface area contributed by atoms with Gasteiger partial charge in [-0.3, -0.25) is 14.3 Å². The van der Waals surface area contributed by atoms with Crippen molar-refractivity contribution >= 4 is 34.6 Å². The van der Waals surface area contributed by atoms with Crippen LogP contribution in [0.5, 0.6) is 0 Å². The largest absolute Gasteiger partial charge is 0.385 e. The van der Waals surface area contributed by atoms with E-state index in [0.717, 1.165) is 19.3 Å². The zero-order valence-corrected chi connectivity index (χ0v) is 17.9. The summed E-state index contributed by atoms with van der Waals surface area (Å²) in [4.78, 5) is 23.7. The van der Waals surface area contributed by atoms with E-state index < -0.39 is 11.4 Å². The van der Waals surface area contributed by atoms with Gasteiger partial charge >= 0.3 is 0 Å². The van der Waals surface area contributed by atoms with Crippen molar-refractivity contribution in [1.29, 1.82) is 0 Å². The van der Waals surface area contributed by atoms with Gasteiger partial charge in [0, 0.05) is 12.6 Å². The van der Waals surface area contributed by atoms with Gasteiger partial charge in [-0.15, -0.1) is 0 Å². The highest BCUT2D eigenvalue weighted by atomic mass is 35.5. The first-order valence-corrected chi connectivity index (χ1v) is 10.3. The highest BCUT2D eigenvalue weighted by Gasteiger charge is 2.39. The van der Waals surface area contributed by atoms with Crippen LogP contribution in [0.4, 0.5) is 10.3 Å². The number of fused-ring (bicyclic) bond motifs is 1. The Labute approximate surface area is 179 Å². The number of carbonyl (C=O) groups excluding carboxylic acids is 1. The molecule has 4 rings (SSSR count). The number of benzene rings is 1. The SMILES string of the molecule is CN(C(=O)CC(C)(O)c1ccc(F)cc1)c1nc2ccc(Cl)nc2n1C1(C)CCC1. The zero-order valence-electron chi connectivity index (χ0n) is 17.2. The Morgan fingerprint density at radius 3 is 2.53 bits per heavy atom. The van der Waals surface area contributed by atoms with E-state index in [1.54, 1.807) is 26.1 Å². The molecule has 1 fully saturated rings. The summed E-state index contributed by atoms with van der Waals surface area (Å²) in [6.07, 6.45) is 2.82. The lowest BCUT2D eigenvalue weighted by molar-refractivity contribution is -0.123. The average molecular weight is 431 g/mol. The Kier molecular flexibility index (Phi) is 5.06. The van der Waals surface area contributed by atoms with Crippen LogP contribution >= 0.6 is 11.6 Å². The van der Waals surface area contributed by atoms with E-state index in [-0.39, 0.29) is 17.9 Å². The van der Waals surface area contributed by atoms with Gasteiger partial charge in [0.05, 0.1) is 12.0 Å². The van der Waals surface area contributed by atoms with Gasteiger partial charge in [0.25, 0.3) is 0 Å². The third-order valence-electron chi connectivity index (χ3n) is 6.06. The number of hydrogen-bond donors (Lipinski definition) is 1. The fourth-order valence-corrected chi connectivity index (χ4v) is 4.14. The predicted octanol–water partition coefficient (Wildman–Crippen LogP) is 4.38. The van der Waals surface area contributed by atoms with Gasteiger partial charge < -0.3 is 5.11 Å². The number of aliphatic hydroxyl groups is 1. The van der Waals surface area contributed by atoms with Crippen molar-refractivity contribution in [2.45, 2.75) is 50.7 Å². The van der Waals surface area contributed by atoms with E-state index in [9.17, 15) is 14.3 Å². The topological polar surface area (TPSA) is 71.2 Å². The predicted molar refractivity (Wildman–Crippen MR) is 114 cm³/mol. The molecule has 8 heteroatoms. The second-order valence-electron chi connectivity index (χ2n) is 8.48. The number of halogens is 2. The molecule has 0 aliphatic heterocycles. The molecule has 2 aromatic heterocycles. The first-order valence-electron chi connectivity index (χ1n) is 9.91. The van der Waals surface area contributed by atoms with Crippen LogP contribution in [-0.4, -0.2) is 32.6 Å². The van der Waals surface area contributed by atoms with Crippen LogP contribution < -0.4 is 4.90 Å². The van der Waals surface area contributed by atoms with Crippen LogP contribution in [0.3, 0.4) is 0 Å². The monoisotopic (exact) mass is 430 g/mol. The Balaban J connectivity index is 1.69. The van der Waals surface area contributed by atoms with Gasteiger partial charge in [0.2, 0.25) is 11.9 Å². The van der Waals surface area contributed by atoms with E-state index in [4.69, 9.17) is 11.6 Å². The molecule has 158 valence electrons. The molecule has 1 atom stereocenters. The summed E-state index contributed by atoms with van der Waals surface area (Å²) >= 11 is 6.13. The van der Waals surface area contributed by atoms with Crippen LogP contribution in [0.15, 0.2) is 36.4 Å². The molecule has 3 aromatic rings. The normalized spacial score (nSPS) is 17.4. The van der Waals surface area contributed by atoms with Crippen molar-refractivity contribution in [2.75, 3.05) is 11.9 Å². The second kappa shape index (κ2) is 7.32. The first kappa shape index (κ1) is 20.8. The minimum atomic E-state index is -1.45. The lowest BCUT2D eigenvalue weighted by Gasteiger charge is -2.41. The van der Waals surface area contributed by atoms with E-state index in [2.05, 4.69) is 16.9 Å². The molecule has 0 spiro atoms. The smallest absolute Gasteiger partial charge is 0.232 e. The molecule has 30 heavy (non-hydrogen) atoms. The quantitative estimate of drug-likeness (QED) is 0.609. The van der Waals surface area contributed by atoms with Crippen molar-refractivity contribution in [2.24, 2.45) is 0 Å². The number of rotatable bonds is 5. The van der Waals surface area contributed by atoms with Crippen LogP contribution in [0.25, 0.3) is 11.2 Å². The first-order chi connectivity index (χ1) is 14.1. The molecule has 6 nitrogen and oxygen atoms in total. The minimum Gasteiger partial charge on any atom is -0.385 e. The van der Waals surface area contributed by atoms with Crippen LogP contribution in [0, 0.1) is 5.82 Å². The Morgan fingerprint density at radius 2 is 1.93 bits per heavy atom. The van der Waals surface area contributed by atoms with Gasteiger partial charge in [-0.1, -0.05) is 23.7 Å². The van der Waals surface area contributed by atoms with Crippen LogP contribution in [0.1, 0.15) is 45.1 Å². The number of amides is 1. The van der Waals surface area contributed by atoms with Crippen LogP contribution in [-0.2, 0) is 15.9 Å². The van der Waals surface area contributed by atoms with Crippen molar-refractivity contribution in [3.8, 4) is 0 Å². The van der Waals surface area contributed by atoms with E-state index in [1.807, 2.05) is 4.57 Å². The van der Waals surface area contributed by atoms with E-state index >= 15 is 0 Å². The molecule has 1 aliphatic carbocycles. The molecule has 1 saturated carbocycles. The standard InChI is InChI=1S/C22H24ClFN4O2/c1-21(11-4-12-21)28-19-16(9-10-17(23)26-19)25-20(28)27(3)18(29)13-22(2,30)14-5-7-15(24)8-6-14/h5-10,30H,4,11-13H2,1-3H3. The fraction of sp³-hybridized carbons (Fsp3) is 0.409. The molecule has 1 N–H and O–H groups in total. The average Bonchev–Trinajstić information content (AvgIpc) is 3.04. The summed E-state index contributed by atoms with van der Waals surface area (Å²) in [6.45, 7) is 3.67. The number of anilines is 1. The highest BCUT2D eigenvalue weighted by Crippen LogP contribution is 2.43. The third kappa shape index (κ3) is 3.56. The van der Waals surface area contributed by atoms with Crippen molar-refractivity contribution in [3.63, 3.8) is 0 Å². The zero-order chi connectivity index (χ0) is 21.7. The van der Waals surface area contributed by atoms with Crippen LogP contribution in [0.2, 0.25) is 5.15 Å². The maximum atomic E-state index is 13.2. The molecule has 2 heterocycles. The number of imidazole rings is 1. The van der Waals surface area contributed by atoms with Crippen molar-refractivity contribution in [1.82, 2.24) is 14.5 Å². The lowest BCUT2D eigenvalue weighted by atomic mass is 9.78. The summed E-state index contributed by atoms with van der Waals surface area (Å²) in [7, 11) is 1.64. The van der Waals surface area contributed by atoms with Gasteiger partial charge in [0.1, 0.15) is 16.5 Å². The van der Waals surface area contributed by atoms with Gasteiger partial charge in [-0.05, 0) is 62.9 Å². The molecule has 0 radical (unpaired) electrons. The number of pyridine rings is 1. The van der Waals surface area contributed by atoms with Crippen molar-refractivity contribution in [3.05, 3.63) is 52.9 Å². The van der Waals surface area contributed by atoms with Gasteiger partial charge in [0.15, 0.2) is 5.65 Å². The molecule has 1 aromatic carbocycles. The maximum absolute atomic E-state index is 13.2. The van der Waals surface area contributed by atoms with E-state index in [0.29, 0.717) is 27.8 Å². The highest BCUT2D eigenvalue weighted by molar-refractivity contribution is 6.29. The summed E-state index contributed by atoms with van der Waals surface area (Å²) in [5.74, 6) is -0.233. The molecule has 1 unspecified atom stereocenters. The third-order valence-corrected chi connectivity index (χ3v) is 6.27. The maximum Gasteiger partial charge on any atom is 0.232 e. The summed E-state index contributed by atoms with van der Waals surface area (Å²) in [5, 5.41) is 11.2. The number of carbonyl (C=O) groups is 1. The molecule has 0 bridgehead atoms. The number of hydrogen-bond acceptors (Lipinski definition) is 4. The van der Waals surface area contributed by atoms with E-state index in [1.165, 1.54) is 29.2 Å². The van der Waals surface area contributed by atoms with Crippen molar-refractivity contribution < 1.29 is 14.3 Å². The van der Waals surface area contributed by atoms with Gasteiger partial charge in [-0.25, -0.2) is 14.4 Å². The fourth-order valence-electron chi connectivity index (χ4n) is 3.99. The second-order valence-corrected chi connectivity index (χ2v) is 8.87. The summed E-state index contributed by atoms with van der Waals surface area (Å²) < 4.78 is 15.2. The summed E-state index contributed by atoms with van der Waals surface area (Å²) in [6, 6.07) is 8.97. The summed E-state index contributed by atoms with van der Waals surface area (Å²) in [5.41, 5.74) is 0.129. The molecule has 1 aliphatic rings. The Bertz CT molecular complexity index is 1110. The molecular weight excluding hydrogens is 407 g/mol. The lowest BCUT2D eigenvalue weighted by Crippen LogP contribution is -2.42. The molecule has 1 amide bonds. The Morgan fingerprint density at radius 1 is 1.27 bits per heavy atom. The number of nitrogens with zero attached hydrogens (tertiary/aromatic N) is 4. The molecule has 0 saturated heterocycles.